The van der Waals surface area contributed by atoms with Crippen LogP contribution in [0, 0.1) is 11.8 Å². The van der Waals surface area contributed by atoms with Crippen molar-refractivity contribution in [3.05, 3.63) is 0 Å². The molecule has 1 saturated heterocycles. The third-order valence-corrected chi connectivity index (χ3v) is 3.40. The van der Waals surface area contributed by atoms with E-state index in [0.717, 1.165) is 12.2 Å². The number of carbonyl (C=O) groups excluding carboxylic acids is 1. The number of hydrogen-bond acceptors (Lipinski definition) is 2. The summed E-state index contributed by atoms with van der Waals surface area (Å²) >= 11 is 1.80. The molecular formula is C10H14OS. The van der Waals surface area contributed by atoms with Crippen molar-refractivity contribution in [1.29, 1.82) is 0 Å². The van der Waals surface area contributed by atoms with Crippen LogP contribution in [-0.4, -0.2) is 16.8 Å². The average Bonchev–Trinajstić information content (AvgIpc) is 2.15. The van der Waals surface area contributed by atoms with Crippen LogP contribution in [0.3, 0.4) is 0 Å². The second kappa shape index (κ2) is 5.27. The van der Waals surface area contributed by atoms with E-state index in [1.165, 1.54) is 12.8 Å². The molecule has 1 aliphatic heterocycles. The number of Topliss-reactive ketones (excluding diaryl/α,β-unsaturated/α-hetero) is 1. The van der Waals surface area contributed by atoms with E-state index in [9.17, 15) is 4.79 Å². The van der Waals surface area contributed by atoms with Crippen LogP contribution in [-0.2, 0) is 4.79 Å². The Kier molecular flexibility index (Phi) is 4.24. The van der Waals surface area contributed by atoms with Crippen molar-refractivity contribution in [2.45, 2.75) is 37.9 Å². The predicted molar refractivity (Wildman–Crippen MR) is 53.2 cm³/mol. The van der Waals surface area contributed by atoms with Crippen molar-refractivity contribution in [3.63, 3.8) is 0 Å². The van der Waals surface area contributed by atoms with Crippen LogP contribution >= 0.6 is 11.8 Å². The Morgan fingerprint density at radius 3 is 3.00 bits per heavy atom. The molecule has 1 rings (SSSR count). The molecule has 66 valence electrons. The van der Waals surface area contributed by atoms with E-state index in [4.69, 9.17) is 0 Å². The van der Waals surface area contributed by atoms with Crippen LogP contribution in [0.1, 0.15) is 32.6 Å². The maximum absolute atomic E-state index is 11.4. The lowest BCUT2D eigenvalue weighted by Crippen LogP contribution is -2.20. The minimum Gasteiger partial charge on any atom is -0.297 e. The van der Waals surface area contributed by atoms with Gasteiger partial charge in [0.25, 0.3) is 0 Å². The molecule has 0 saturated carbocycles. The molecule has 1 fully saturated rings. The Morgan fingerprint density at radius 2 is 2.42 bits per heavy atom. The highest BCUT2D eigenvalue weighted by Gasteiger charge is 2.20. The Hall–Kier alpha value is -0.420. The fourth-order valence-corrected chi connectivity index (χ4v) is 2.54. The summed E-state index contributed by atoms with van der Waals surface area (Å²) in [5, 5.41) is 0.250. The van der Waals surface area contributed by atoms with E-state index in [-0.39, 0.29) is 5.25 Å². The van der Waals surface area contributed by atoms with Crippen molar-refractivity contribution in [2.75, 3.05) is 5.75 Å². The van der Waals surface area contributed by atoms with Gasteiger partial charge >= 0.3 is 0 Å². The van der Waals surface area contributed by atoms with Crippen LogP contribution in [0.4, 0.5) is 0 Å². The van der Waals surface area contributed by atoms with Gasteiger partial charge in [-0.15, -0.1) is 5.92 Å². The van der Waals surface area contributed by atoms with Crippen molar-refractivity contribution in [1.82, 2.24) is 0 Å². The van der Waals surface area contributed by atoms with Crippen LogP contribution in [0.25, 0.3) is 0 Å². The number of carbonyl (C=O) groups is 1. The zero-order valence-electron chi connectivity index (χ0n) is 7.43. The second-order valence-corrected chi connectivity index (χ2v) is 4.24. The van der Waals surface area contributed by atoms with Crippen LogP contribution in [0.15, 0.2) is 0 Å². The van der Waals surface area contributed by atoms with Crippen LogP contribution in [0.5, 0.6) is 0 Å². The molecule has 0 aromatic heterocycles. The zero-order chi connectivity index (χ0) is 8.81. The van der Waals surface area contributed by atoms with Gasteiger partial charge in [0.2, 0.25) is 0 Å². The normalized spacial score (nSPS) is 22.6. The smallest absolute Gasteiger partial charge is 0.157 e. The summed E-state index contributed by atoms with van der Waals surface area (Å²) < 4.78 is 0. The summed E-state index contributed by atoms with van der Waals surface area (Å²) in [5.74, 6) is 7.07. The molecule has 0 aromatic carbocycles. The maximum atomic E-state index is 11.4. The lowest BCUT2D eigenvalue weighted by atomic mass is 10.1. The monoisotopic (exact) mass is 182 g/mol. The van der Waals surface area contributed by atoms with Crippen molar-refractivity contribution < 1.29 is 4.79 Å². The zero-order valence-corrected chi connectivity index (χ0v) is 8.25. The fraction of sp³-hybridized carbons (Fsp3) is 0.700. The Labute approximate surface area is 78.3 Å². The Balaban J connectivity index is 2.33. The van der Waals surface area contributed by atoms with E-state index in [1.54, 1.807) is 18.7 Å². The maximum Gasteiger partial charge on any atom is 0.157 e. The number of ketones is 1. The second-order valence-electron chi connectivity index (χ2n) is 2.93. The average molecular weight is 182 g/mol. The van der Waals surface area contributed by atoms with Gasteiger partial charge in [0, 0.05) is 0 Å². The molecule has 0 aliphatic carbocycles. The Bertz CT molecular complexity index is 206. The standard InChI is InChI=1S/C10H14OS/c1-2-3-6-9(11)10-7-4-5-8-12-10/h10H,4-8H2,1H3. The number of thioether (sulfide) groups is 1. The fourth-order valence-electron chi connectivity index (χ4n) is 1.28. The highest BCUT2D eigenvalue weighted by atomic mass is 32.2. The summed E-state index contributed by atoms with van der Waals surface area (Å²) in [7, 11) is 0. The van der Waals surface area contributed by atoms with E-state index in [2.05, 4.69) is 11.8 Å². The van der Waals surface area contributed by atoms with E-state index in [0.29, 0.717) is 12.2 Å². The first-order valence-electron chi connectivity index (χ1n) is 4.38. The summed E-state index contributed by atoms with van der Waals surface area (Å²) in [5.41, 5.74) is 0. The van der Waals surface area contributed by atoms with E-state index in [1.807, 2.05) is 0 Å². The SMILES string of the molecule is CC#CCC(=O)C1CCCCS1. The first kappa shape index (κ1) is 9.67. The van der Waals surface area contributed by atoms with Gasteiger partial charge in [0.05, 0.1) is 11.7 Å². The largest absolute Gasteiger partial charge is 0.297 e. The Morgan fingerprint density at radius 1 is 1.58 bits per heavy atom. The lowest BCUT2D eigenvalue weighted by Gasteiger charge is -2.18. The summed E-state index contributed by atoms with van der Waals surface area (Å²) in [6.45, 7) is 1.78. The molecule has 0 N–H and O–H groups in total. The van der Waals surface area contributed by atoms with Gasteiger partial charge in [-0.1, -0.05) is 12.3 Å². The molecule has 1 atom stereocenters. The molecular weight excluding hydrogens is 168 g/mol. The van der Waals surface area contributed by atoms with Gasteiger partial charge in [-0.2, -0.15) is 11.8 Å². The van der Waals surface area contributed by atoms with Crippen LogP contribution in [0.2, 0.25) is 0 Å². The van der Waals surface area contributed by atoms with Gasteiger partial charge in [-0.05, 0) is 25.5 Å². The molecule has 1 aliphatic rings. The number of hydrogen-bond donors (Lipinski definition) is 0. The predicted octanol–water partition coefficient (Wildman–Crippen LogP) is 2.25. The summed E-state index contributed by atoms with van der Waals surface area (Å²) in [4.78, 5) is 11.4. The van der Waals surface area contributed by atoms with Crippen LogP contribution < -0.4 is 0 Å². The van der Waals surface area contributed by atoms with Crippen molar-refractivity contribution in [2.24, 2.45) is 0 Å². The summed E-state index contributed by atoms with van der Waals surface area (Å²) in [6, 6.07) is 0. The highest BCUT2D eigenvalue weighted by Crippen LogP contribution is 2.26. The highest BCUT2D eigenvalue weighted by molar-refractivity contribution is 8.00. The molecule has 0 spiro atoms. The first-order chi connectivity index (χ1) is 5.84. The molecule has 0 amide bonds. The van der Waals surface area contributed by atoms with Gasteiger partial charge in [0.1, 0.15) is 0 Å². The summed E-state index contributed by atoms with van der Waals surface area (Å²) in [6.07, 6.45) is 4.00. The van der Waals surface area contributed by atoms with Crippen molar-refractivity contribution >= 4 is 17.5 Å². The molecule has 1 nitrogen and oxygen atoms in total. The third-order valence-electron chi connectivity index (χ3n) is 1.98. The van der Waals surface area contributed by atoms with E-state index >= 15 is 0 Å². The first-order valence-corrected chi connectivity index (χ1v) is 5.43. The molecule has 12 heavy (non-hydrogen) atoms. The molecule has 1 unspecified atom stereocenters. The minimum atomic E-state index is 0.250. The molecule has 1 heterocycles. The minimum absolute atomic E-state index is 0.250. The van der Waals surface area contributed by atoms with Gasteiger partial charge in [-0.3, -0.25) is 4.79 Å². The number of rotatable bonds is 2. The molecule has 0 radical (unpaired) electrons. The van der Waals surface area contributed by atoms with Gasteiger partial charge < -0.3 is 0 Å². The quantitative estimate of drug-likeness (QED) is 0.609. The molecule has 0 bridgehead atoms. The van der Waals surface area contributed by atoms with Crippen molar-refractivity contribution in [3.8, 4) is 11.8 Å². The molecule has 0 aromatic rings. The topological polar surface area (TPSA) is 17.1 Å². The van der Waals surface area contributed by atoms with Gasteiger partial charge in [-0.25, -0.2) is 0 Å². The third kappa shape index (κ3) is 2.91. The van der Waals surface area contributed by atoms with Gasteiger partial charge in [0.15, 0.2) is 5.78 Å². The lowest BCUT2D eigenvalue weighted by molar-refractivity contribution is -0.117. The van der Waals surface area contributed by atoms with E-state index < -0.39 is 0 Å². The molecule has 2 heteroatoms.